The predicted octanol–water partition coefficient (Wildman–Crippen LogP) is 4.56. The van der Waals surface area contributed by atoms with Gasteiger partial charge in [-0.25, -0.2) is 0 Å². The fourth-order valence-corrected chi connectivity index (χ4v) is 2.73. The lowest BCUT2D eigenvalue weighted by Gasteiger charge is -2.17. The van der Waals surface area contributed by atoms with Gasteiger partial charge >= 0.3 is 0 Å². The SMILES string of the molecule is CCOc1ccc(C(C)NC(=O)Cc2ccccc2Cl)cc1OCC. The molecule has 0 aromatic heterocycles. The van der Waals surface area contributed by atoms with Crippen LogP contribution in [0.15, 0.2) is 42.5 Å². The summed E-state index contributed by atoms with van der Waals surface area (Å²) in [5.74, 6) is 1.32. The van der Waals surface area contributed by atoms with Gasteiger partial charge in [0.15, 0.2) is 11.5 Å². The molecule has 2 rings (SSSR count). The molecular formula is C20H24ClNO3. The van der Waals surface area contributed by atoms with Gasteiger partial charge in [0.25, 0.3) is 0 Å². The lowest BCUT2D eigenvalue weighted by molar-refractivity contribution is -0.121. The van der Waals surface area contributed by atoms with Crippen LogP contribution in [0.3, 0.4) is 0 Å². The van der Waals surface area contributed by atoms with E-state index < -0.39 is 0 Å². The van der Waals surface area contributed by atoms with E-state index in [0.717, 1.165) is 11.1 Å². The third kappa shape index (κ3) is 5.40. The molecule has 0 aliphatic carbocycles. The Bertz CT molecular complexity index is 718. The van der Waals surface area contributed by atoms with Crippen molar-refractivity contribution in [1.29, 1.82) is 0 Å². The highest BCUT2D eigenvalue weighted by molar-refractivity contribution is 6.31. The molecule has 0 aliphatic heterocycles. The minimum absolute atomic E-state index is 0.0764. The minimum atomic E-state index is -0.148. The number of nitrogens with one attached hydrogen (secondary N) is 1. The number of hydrogen-bond donors (Lipinski definition) is 1. The van der Waals surface area contributed by atoms with E-state index in [-0.39, 0.29) is 18.4 Å². The van der Waals surface area contributed by atoms with Crippen LogP contribution in [0.25, 0.3) is 0 Å². The van der Waals surface area contributed by atoms with Crippen LogP contribution in [-0.4, -0.2) is 19.1 Å². The molecule has 1 unspecified atom stereocenters. The number of ether oxygens (including phenoxy) is 2. The normalized spacial score (nSPS) is 11.7. The zero-order chi connectivity index (χ0) is 18.2. The molecule has 134 valence electrons. The van der Waals surface area contributed by atoms with Gasteiger partial charge in [0.1, 0.15) is 0 Å². The van der Waals surface area contributed by atoms with Crippen molar-refractivity contribution in [2.45, 2.75) is 33.2 Å². The molecular weight excluding hydrogens is 338 g/mol. The van der Waals surface area contributed by atoms with Gasteiger partial charge in [-0.05, 0) is 50.1 Å². The van der Waals surface area contributed by atoms with Crippen LogP contribution in [0.5, 0.6) is 11.5 Å². The molecule has 0 aliphatic rings. The van der Waals surface area contributed by atoms with E-state index in [1.807, 2.05) is 57.2 Å². The van der Waals surface area contributed by atoms with Gasteiger partial charge in [0.05, 0.1) is 25.7 Å². The molecule has 0 fully saturated rings. The standard InChI is InChI=1S/C20H24ClNO3/c1-4-24-18-11-10-15(12-19(18)25-5-2)14(3)22-20(23)13-16-8-6-7-9-17(16)21/h6-12,14H,4-5,13H2,1-3H3,(H,22,23). The smallest absolute Gasteiger partial charge is 0.224 e. The molecule has 0 heterocycles. The summed E-state index contributed by atoms with van der Waals surface area (Å²) in [6, 6.07) is 12.9. The van der Waals surface area contributed by atoms with Crippen LogP contribution in [0, 0.1) is 0 Å². The largest absolute Gasteiger partial charge is 0.490 e. The van der Waals surface area contributed by atoms with Crippen LogP contribution in [-0.2, 0) is 11.2 Å². The van der Waals surface area contributed by atoms with Crippen LogP contribution in [0.4, 0.5) is 0 Å². The monoisotopic (exact) mass is 361 g/mol. The first kappa shape index (κ1) is 19.1. The van der Waals surface area contributed by atoms with Crippen molar-refractivity contribution >= 4 is 17.5 Å². The fraction of sp³-hybridized carbons (Fsp3) is 0.350. The van der Waals surface area contributed by atoms with E-state index >= 15 is 0 Å². The van der Waals surface area contributed by atoms with Crippen molar-refractivity contribution in [3.8, 4) is 11.5 Å². The van der Waals surface area contributed by atoms with Crippen LogP contribution in [0.2, 0.25) is 5.02 Å². The average molecular weight is 362 g/mol. The number of halogens is 1. The Kier molecular flexibility index (Phi) is 7.14. The Balaban J connectivity index is 2.06. The maximum Gasteiger partial charge on any atom is 0.224 e. The van der Waals surface area contributed by atoms with E-state index in [1.165, 1.54) is 0 Å². The van der Waals surface area contributed by atoms with Gasteiger partial charge in [0.2, 0.25) is 5.91 Å². The summed E-state index contributed by atoms with van der Waals surface area (Å²) >= 11 is 6.11. The van der Waals surface area contributed by atoms with Crippen LogP contribution >= 0.6 is 11.6 Å². The maximum absolute atomic E-state index is 12.3. The summed E-state index contributed by atoms with van der Waals surface area (Å²) in [6.07, 6.45) is 0.249. The van der Waals surface area contributed by atoms with Crippen molar-refractivity contribution < 1.29 is 14.3 Å². The van der Waals surface area contributed by atoms with Crippen molar-refractivity contribution in [2.75, 3.05) is 13.2 Å². The number of benzene rings is 2. The molecule has 1 N–H and O–H groups in total. The fourth-order valence-electron chi connectivity index (χ4n) is 2.53. The summed E-state index contributed by atoms with van der Waals surface area (Å²) in [4.78, 5) is 12.3. The number of rotatable bonds is 8. The van der Waals surface area contributed by atoms with Gasteiger partial charge in [0, 0.05) is 5.02 Å². The van der Waals surface area contributed by atoms with Gasteiger partial charge in [-0.15, -0.1) is 0 Å². The molecule has 5 heteroatoms. The van der Waals surface area contributed by atoms with E-state index in [2.05, 4.69) is 5.32 Å². The molecule has 2 aromatic rings. The lowest BCUT2D eigenvalue weighted by Crippen LogP contribution is -2.28. The third-order valence-corrected chi connectivity index (χ3v) is 4.12. The molecule has 0 saturated heterocycles. The van der Waals surface area contributed by atoms with E-state index in [9.17, 15) is 4.79 Å². The summed E-state index contributed by atoms with van der Waals surface area (Å²) < 4.78 is 11.2. The van der Waals surface area contributed by atoms with Crippen molar-refractivity contribution in [1.82, 2.24) is 5.32 Å². The zero-order valence-electron chi connectivity index (χ0n) is 14.8. The molecule has 4 nitrogen and oxygen atoms in total. The molecule has 2 aromatic carbocycles. The van der Waals surface area contributed by atoms with Gasteiger partial charge in [-0.1, -0.05) is 35.9 Å². The predicted molar refractivity (Wildman–Crippen MR) is 100 cm³/mol. The Hall–Kier alpha value is -2.20. The van der Waals surface area contributed by atoms with Crippen LogP contribution in [0.1, 0.15) is 37.9 Å². The first-order valence-electron chi connectivity index (χ1n) is 8.47. The Labute approximate surface area is 154 Å². The Morgan fingerprint density at radius 2 is 1.76 bits per heavy atom. The number of carbonyl (C=O) groups excluding carboxylic acids is 1. The van der Waals surface area contributed by atoms with Crippen molar-refractivity contribution in [2.24, 2.45) is 0 Å². The molecule has 0 bridgehead atoms. The number of hydrogen-bond acceptors (Lipinski definition) is 3. The van der Waals surface area contributed by atoms with E-state index in [4.69, 9.17) is 21.1 Å². The number of amides is 1. The van der Waals surface area contributed by atoms with E-state index in [0.29, 0.717) is 29.7 Å². The summed E-state index contributed by atoms with van der Waals surface area (Å²) in [5, 5.41) is 3.60. The highest BCUT2D eigenvalue weighted by atomic mass is 35.5. The highest BCUT2D eigenvalue weighted by Crippen LogP contribution is 2.30. The molecule has 0 spiro atoms. The number of carbonyl (C=O) groups is 1. The molecule has 0 radical (unpaired) electrons. The van der Waals surface area contributed by atoms with E-state index in [1.54, 1.807) is 6.07 Å². The Morgan fingerprint density at radius 3 is 2.44 bits per heavy atom. The molecule has 1 atom stereocenters. The van der Waals surface area contributed by atoms with Gasteiger partial charge in [-0.2, -0.15) is 0 Å². The minimum Gasteiger partial charge on any atom is -0.490 e. The lowest BCUT2D eigenvalue weighted by atomic mass is 10.1. The average Bonchev–Trinajstić information content (AvgIpc) is 2.59. The van der Waals surface area contributed by atoms with Crippen molar-refractivity contribution in [3.63, 3.8) is 0 Å². The topological polar surface area (TPSA) is 47.6 Å². The second-order valence-electron chi connectivity index (χ2n) is 5.63. The third-order valence-electron chi connectivity index (χ3n) is 3.75. The molecule has 0 saturated carbocycles. The Morgan fingerprint density at radius 1 is 1.08 bits per heavy atom. The van der Waals surface area contributed by atoms with Gasteiger partial charge in [-0.3, -0.25) is 4.79 Å². The maximum atomic E-state index is 12.3. The zero-order valence-corrected chi connectivity index (χ0v) is 15.6. The summed E-state index contributed by atoms with van der Waals surface area (Å²) in [6.45, 7) is 6.93. The quantitative estimate of drug-likeness (QED) is 0.749. The molecule has 25 heavy (non-hydrogen) atoms. The highest BCUT2D eigenvalue weighted by Gasteiger charge is 2.14. The molecule has 1 amide bonds. The first-order chi connectivity index (χ1) is 12.0. The van der Waals surface area contributed by atoms with Crippen molar-refractivity contribution in [3.05, 3.63) is 58.6 Å². The van der Waals surface area contributed by atoms with Crippen LogP contribution < -0.4 is 14.8 Å². The summed E-state index contributed by atoms with van der Waals surface area (Å²) in [7, 11) is 0. The second-order valence-corrected chi connectivity index (χ2v) is 6.04. The summed E-state index contributed by atoms with van der Waals surface area (Å²) in [5.41, 5.74) is 1.77. The second kappa shape index (κ2) is 9.33. The van der Waals surface area contributed by atoms with Gasteiger partial charge < -0.3 is 14.8 Å². The first-order valence-corrected chi connectivity index (χ1v) is 8.85.